The summed E-state index contributed by atoms with van der Waals surface area (Å²) < 4.78 is 12.0. The van der Waals surface area contributed by atoms with E-state index in [1.807, 2.05) is 65.4 Å². The molecule has 2 aromatic heterocycles. The third-order valence-electron chi connectivity index (χ3n) is 6.36. The number of rotatable bonds is 8. The zero-order chi connectivity index (χ0) is 28.1. The van der Waals surface area contributed by atoms with Gasteiger partial charge < -0.3 is 14.0 Å². The molecular weight excluding hydrogens is 545 g/mol. The number of imidazole rings is 1. The van der Waals surface area contributed by atoms with Gasteiger partial charge in [-0.15, -0.1) is 0 Å². The highest BCUT2D eigenvalue weighted by Crippen LogP contribution is 2.30. The Balaban J connectivity index is 1.43. The van der Waals surface area contributed by atoms with Gasteiger partial charge in [-0.05, 0) is 59.2 Å². The first-order valence-corrected chi connectivity index (χ1v) is 13.2. The van der Waals surface area contributed by atoms with Crippen molar-refractivity contribution in [2.75, 3.05) is 14.2 Å². The van der Waals surface area contributed by atoms with E-state index in [2.05, 4.69) is 17.1 Å². The van der Waals surface area contributed by atoms with Gasteiger partial charge in [0.2, 0.25) is 5.88 Å². The highest BCUT2D eigenvalue weighted by Gasteiger charge is 2.13. The lowest BCUT2D eigenvalue weighted by molar-refractivity contribution is 0.0600. The van der Waals surface area contributed by atoms with E-state index in [4.69, 9.17) is 37.7 Å². The lowest BCUT2D eigenvalue weighted by atomic mass is 10.1. The van der Waals surface area contributed by atoms with E-state index in [-0.39, 0.29) is 5.97 Å². The summed E-state index contributed by atoms with van der Waals surface area (Å²) in [6, 6.07) is 24.7. The molecule has 5 aromatic rings. The number of carbonyl (C=O) groups is 1. The van der Waals surface area contributed by atoms with Crippen molar-refractivity contribution in [2.45, 2.75) is 6.54 Å². The molecular formula is C32H25Cl2N3O3. The van der Waals surface area contributed by atoms with Crippen molar-refractivity contribution in [3.05, 3.63) is 124 Å². The molecule has 0 saturated heterocycles. The number of hydrogen-bond acceptors (Lipinski definition) is 5. The maximum absolute atomic E-state index is 11.8. The highest BCUT2D eigenvalue weighted by molar-refractivity contribution is 6.36. The van der Waals surface area contributed by atoms with Crippen LogP contribution in [0.5, 0.6) is 5.88 Å². The predicted molar refractivity (Wildman–Crippen MR) is 160 cm³/mol. The van der Waals surface area contributed by atoms with Crippen molar-refractivity contribution in [3.8, 4) is 28.3 Å². The van der Waals surface area contributed by atoms with Crippen LogP contribution in [0.1, 0.15) is 27.3 Å². The summed E-state index contributed by atoms with van der Waals surface area (Å²) in [7, 11) is 2.97. The number of hydrogen-bond donors (Lipinski definition) is 0. The van der Waals surface area contributed by atoms with E-state index in [0.29, 0.717) is 28.0 Å². The van der Waals surface area contributed by atoms with Crippen LogP contribution in [0.2, 0.25) is 10.0 Å². The minimum Gasteiger partial charge on any atom is -0.481 e. The quantitative estimate of drug-likeness (QED) is 0.177. The molecule has 0 N–H and O–H groups in total. The Morgan fingerprint density at radius 1 is 0.900 bits per heavy atom. The molecule has 0 fully saturated rings. The summed E-state index contributed by atoms with van der Waals surface area (Å²) in [5.41, 5.74) is 6.12. The number of halogens is 2. The number of benzene rings is 3. The number of methoxy groups -OCH3 is 2. The Kier molecular flexibility index (Phi) is 8.29. The molecule has 5 rings (SSSR count). The molecule has 0 bridgehead atoms. The van der Waals surface area contributed by atoms with E-state index >= 15 is 0 Å². The van der Waals surface area contributed by atoms with Crippen LogP contribution in [-0.4, -0.2) is 34.7 Å². The Morgan fingerprint density at radius 3 is 2.30 bits per heavy atom. The molecule has 0 spiro atoms. The Hall–Kier alpha value is -4.39. The predicted octanol–water partition coefficient (Wildman–Crippen LogP) is 7.93. The van der Waals surface area contributed by atoms with Crippen LogP contribution in [0.15, 0.2) is 91.3 Å². The van der Waals surface area contributed by atoms with Gasteiger partial charge in [0.05, 0.1) is 30.5 Å². The van der Waals surface area contributed by atoms with Gasteiger partial charge in [0.25, 0.3) is 0 Å². The summed E-state index contributed by atoms with van der Waals surface area (Å²) in [5.74, 6) is 0.964. The average Bonchev–Trinajstić information content (AvgIpc) is 3.38. The molecule has 3 aromatic carbocycles. The molecule has 8 heteroatoms. The molecule has 0 radical (unpaired) electrons. The largest absolute Gasteiger partial charge is 0.481 e. The molecule has 2 heterocycles. The highest BCUT2D eigenvalue weighted by atomic mass is 35.5. The van der Waals surface area contributed by atoms with E-state index in [0.717, 1.165) is 39.3 Å². The third-order valence-corrected chi connectivity index (χ3v) is 6.90. The maximum Gasteiger partial charge on any atom is 0.337 e. The summed E-state index contributed by atoms with van der Waals surface area (Å²) in [4.78, 5) is 21.0. The van der Waals surface area contributed by atoms with Gasteiger partial charge in [0.1, 0.15) is 5.82 Å². The molecule has 0 aliphatic heterocycles. The zero-order valence-electron chi connectivity index (χ0n) is 21.8. The fourth-order valence-electron chi connectivity index (χ4n) is 4.21. The number of pyridine rings is 1. The SMILES string of the molecule is COC(=O)c1ccc(Cn2cc(-c3ccc(Cl)cc3Cl)nc2C=Cc2ccc(-c3ccc(OC)nc3)cc2)cc1. The minimum absolute atomic E-state index is 0.369. The lowest BCUT2D eigenvalue weighted by Crippen LogP contribution is -2.03. The van der Waals surface area contributed by atoms with E-state index < -0.39 is 0 Å². The minimum atomic E-state index is -0.369. The summed E-state index contributed by atoms with van der Waals surface area (Å²) >= 11 is 12.6. The molecule has 0 unspecified atom stereocenters. The number of nitrogens with zero attached hydrogens (tertiary/aromatic N) is 3. The normalized spacial score (nSPS) is 11.1. The van der Waals surface area contributed by atoms with Crippen molar-refractivity contribution in [2.24, 2.45) is 0 Å². The van der Waals surface area contributed by atoms with Crippen molar-refractivity contribution in [1.29, 1.82) is 0 Å². The fourth-order valence-corrected chi connectivity index (χ4v) is 4.71. The van der Waals surface area contributed by atoms with Gasteiger partial charge in [-0.1, -0.05) is 65.7 Å². The molecule has 0 atom stereocenters. The summed E-state index contributed by atoms with van der Waals surface area (Å²) in [5, 5.41) is 1.09. The molecule has 0 aliphatic rings. The average molecular weight is 570 g/mol. The van der Waals surface area contributed by atoms with Crippen molar-refractivity contribution < 1.29 is 14.3 Å². The molecule has 0 aliphatic carbocycles. The van der Waals surface area contributed by atoms with Gasteiger partial charge in [0.15, 0.2) is 0 Å². The van der Waals surface area contributed by atoms with Crippen LogP contribution in [0, 0.1) is 0 Å². The van der Waals surface area contributed by atoms with Crippen LogP contribution < -0.4 is 4.74 Å². The van der Waals surface area contributed by atoms with Crippen molar-refractivity contribution in [3.63, 3.8) is 0 Å². The standard InChI is InChI=1S/C32H25Cl2N3O3/c1-39-31-16-12-25(18-35-31)23-8-3-21(4-9-23)7-15-30-36-29(27-14-13-26(33)17-28(27)34)20-37(30)19-22-5-10-24(11-6-22)32(38)40-2/h3-18,20H,19H2,1-2H3. The first-order chi connectivity index (χ1) is 19.4. The van der Waals surface area contributed by atoms with Gasteiger partial charge in [-0.3, -0.25) is 0 Å². The molecule has 6 nitrogen and oxygen atoms in total. The Bertz CT molecular complexity index is 1660. The first kappa shape index (κ1) is 27.2. The fraction of sp³-hybridized carbons (Fsp3) is 0.0938. The lowest BCUT2D eigenvalue weighted by Gasteiger charge is -2.07. The third kappa shape index (κ3) is 6.25. The van der Waals surface area contributed by atoms with Crippen LogP contribution in [-0.2, 0) is 11.3 Å². The molecule has 0 saturated carbocycles. The maximum atomic E-state index is 11.8. The Labute approximate surface area is 242 Å². The second kappa shape index (κ2) is 12.2. The zero-order valence-corrected chi connectivity index (χ0v) is 23.4. The number of ether oxygens (including phenoxy) is 2. The van der Waals surface area contributed by atoms with E-state index in [1.54, 1.807) is 37.6 Å². The van der Waals surface area contributed by atoms with Gasteiger partial charge in [-0.25, -0.2) is 14.8 Å². The monoisotopic (exact) mass is 569 g/mol. The van der Waals surface area contributed by atoms with Crippen molar-refractivity contribution in [1.82, 2.24) is 14.5 Å². The molecule has 40 heavy (non-hydrogen) atoms. The van der Waals surface area contributed by atoms with Gasteiger partial charge in [-0.2, -0.15) is 0 Å². The van der Waals surface area contributed by atoms with E-state index in [9.17, 15) is 4.79 Å². The number of esters is 1. The van der Waals surface area contributed by atoms with Gasteiger partial charge in [0, 0.05) is 41.2 Å². The molecule has 200 valence electrons. The molecule has 0 amide bonds. The van der Waals surface area contributed by atoms with Crippen LogP contribution in [0.25, 0.3) is 34.5 Å². The van der Waals surface area contributed by atoms with Crippen LogP contribution >= 0.6 is 23.2 Å². The second-order valence-corrected chi connectivity index (χ2v) is 9.81. The summed E-state index contributed by atoms with van der Waals surface area (Å²) in [6.45, 7) is 0.544. The van der Waals surface area contributed by atoms with E-state index in [1.165, 1.54) is 7.11 Å². The van der Waals surface area contributed by atoms with Crippen molar-refractivity contribution >= 4 is 41.3 Å². The number of carbonyl (C=O) groups excluding carboxylic acids is 1. The first-order valence-electron chi connectivity index (χ1n) is 12.4. The Morgan fingerprint density at radius 2 is 1.65 bits per heavy atom. The van der Waals surface area contributed by atoms with Gasteiger partial charge >= 0.3 is 5.97 Å². The second-order valence-electron chi connectivity index (χ2n) is 8.97. The smallest absolute Gasteiger partial charge is 0.337 e. The van der Waals surface area contributed by atoms with Crippen LogP contribution in [0.3, 0.4) is 0 Å². The van der Waals surface area contributed by atoms with Crippen LogP contribution in [0.4, 0.5) is 0 Å². The summed E-state index contributed by atoms with van der Waals surface area (Å²) in [6.07, 6.45) is 7.74. The topological polar surface area (TPSA) is 66.2 Å². The number of aromatic nitrogens is 3.